The second kappa shape index (κ2) is 9.43. The molecule has 3 aliphatic heterocycles. The largest absolute Gasteiger partial charge is 0.479 e. The van der Waals surface area contributed by atoms with E-state index in [4.69, 9.17) is 19.7 Å². The van der Waals surface area contributed by atoms with Crippen LogP contribution in [0.25, 0.3) is 0 Å². The Hall–Kier alpha value is -3.65. The Balaban J connectivity index is 1.46. The number of ether oxygens (including phenoxy) is 2. The molecule has 3 aliphatic rings. The predicted molar refractivity (Wildman–Crippen MR) is 131 cm³/mol. The zero-order valence-electron chi connectivity index (χ0n) is 20.5. The van der Waals surface area contributed by atoms with E-state index >= 15 is 4.39 Å². The summed E-state index contributed by atoms with van der Waals surface area (Å²) in [6.07, 6.45) is 2.35. The number of hydrogen-bond donors (Lipinski definition) is 1. The maximum atomic E-state index is 15.5. The minimum atomic E-state index is -1.03. The number of H-pyrrole nitrogens is 1. The molecule has 0 bridgehead atoms. The number of piperidine rings is 1. The third kappa shape index (κ3) is 3.86. The molecule has 1 saturated heterocycles. The molecule has 1 spiro atoms. The standard InChI is InChI=1S/C25H29FN6O4/c1-30-8-3-4-17-21(30)28-24(29-22(17)33)31-9-5-25(6-10-31)20-18(26)14-16(36-12-7-27)15-19(20)32(23(25)34)11-13-35-2/h14-15H,3-6,8-13H2,1-2H3,(H,28,29,33). The maximum Gasteiger partial charge on any atom is 0.257 e. The summed E-state index contributed by atoms with van der Waals surface area (Å²) >= 11 is 0. The summed E-state index contributed by atoms with van der Waals surface area (Å²) in [5.41, 5.74) is 0.361. The number of amides is 1. The highest BCUT2D eigenvalue weighted by molar-refractivity contribution is 6.08. The van der Waals surface area contributed by atoms with E-state index in [9.17, 15) is 9.59 Å². The summed E-state index contributed by atoms with van der Waals surface area (Å²) in [6.45, 7) is 2.06. The van der Waals surface area contributed by atoms with E-state index in [0.717, 1.165) is 13.0 Å². The van der Waals surface area contributed by atoms with Gasteiger partial charge in [-0.2, -0.15) is 10.2 Å². The fraction of sp³-hybridized carbons (Fsp3) is 0.520. The first-order chi connectivity index (χ1) is 17.4. The Morgan fingerprint density at radius 3 is 2.75 bits per heavy atom. The molecular weight excluding hydrogens is 467 g/mol. The highest BCUT2D eigenvalue weighted by Gasteiger charge is 2.54. The number of nitriles is 1. The second-order valence-electron chi connectivity index (χ2n) is 9.48. The first-order valence-corrected chi connectivity index (χ1v) is 12.1. The van der Waals surface area contributed by atoms with Crippen LogP contribution in [0.4, 0.5) is 21.8 Å². The molecule has 11 heteroatoms. The lowest BCUT2D eigenvalue weighted by Crippen LogP contribution is -2.50. The van der Waals surface area contributed by atoms with Crippen LogP contribution in [0.1, 0.15) is 30.4 Å². The van der Waals surface area contributed by atoms with E-state index in [1.54, 1.807) is 18.1 Å². The smallest absolute Gasteiger partial charge is 0.257 e. The average Bonchev–Trinajstić information content (AvgIpc) is 3.09. The molecule has 1 N–H and O–H groups in total. The van der Waals surface area contributed by atoms with Gasteiger partial charge in [0.05, 0.1) is 23.3 Å². The van der Waals surface area contributed by atoms with Gasteiger partial charge >= 0.3 is 0 Å². The number of nitrogens with zero attached hydrogens (tertiary/aromatic N) is 5. The van der Waals surface area contributed by atoms with E-state index in [1.807, 2.05) is 22.9 Å². The fourth-order valence-corrected chi connectivity index (χ4v) is 5.66. The summed E-state index contributed by atoms with van der Waals surface area (Å²) in [5, 5.41) is 8.83. The third-order valence-corrected chi connectivity index (χ3v) is 7.47. The minimum absolute atomic E-state index is 0.134. The van der Waals surface area contributed by atoms with Crippen molar-refractivity contribution in [2.45, 2.75) is 31.1 Å². The van der Waals surface area contributed by atoms with E-state index in [0.29, 0.717) is 67.5 Å². The first-order valence-electron chi connectivity index (χ1n) is 12.1. The lowest BCUT2D eigenvalue weighted by molar-refractivity contribution is -0.124. The van der Waals surface area contributed by atoms with Crippen LogP contribution in [-0.2, 0) is 21.4 Å². The number of aromatic amines is 1. The van der Waals surface area contributed by atoms with Crippen molar-refractivity contribution in [3.8, 4) is 11.8 Å². The number of hydrogen-bond acceptors (Lipinski definition) is 8. The van der Waals surface area contributed by atoms with Crippen molar-refractivity contribution >= 4 is 23.4 Å². The minimum Gasteiger partial charge on any atom is -0.479 e. The van der Waals surface area contributed by atoms with Gasteiger partial charge in [0.2, 0.25) is 11.9 Å². The van der Waals surface area contributed by atoms with Gasteiger partial charge in [-0.25, -0.2) is 4.39 Å². The van der Waals surface area contributed by atoms with Gasteiger partial charge in [-0.3, -0.25) is 14.6 Å². The molecule has 36 heavy (non-hydrogen) atoms. The molecule has 0 atom stereocenters. The number of carbonyl (C=O) groups excluding carboxylic acids is 1. The van der Waals surface area contributed by atoms with Gasteiger partial charge in [0.25, 0.3) is 5.56 Å². The van der Waals surface area contributed by atoms with Gasteiger partial charge < -0.3 is 24.2 Å². The van der Waals surface area contributed by atoms with E-state index in [1.165, 1.54) is 6.07 Å². The van der Waals surface area contributed by atoms with Crippen LogP contribution in [0.5, 0.6) is 5.75 Å². The van der Waals surface area contributed by atoms with Crippen molar-refractivity contribution in [3.05, 3.63) is 39.4 Å². The van der Waals surface area contributed by atoms with E-state index < -0.39 is 11.2 Å². The predicted octanol–water partition coefficient (Wildman–Crippen LogP) is 1.72. The van der Waals surface area contributed by atoms with E-state index in [-0.39, 0.29) is 30.4 Å². The van der Waals surface area contributed by atoms with Gasteiger partial charge in [-0.05, 0) is 25.7 Å². The van der Waals surface area contributed by atoms with Crippen molar-refractivity contribution in [2.24, 2.45) is 0 Å². The monoisotopic (exact) mass is 496 g/mol. The molecular formula is C25H29FN6O4. The molecule has 190 valence electrons. The van der Waals surface area contributed by atoms with Crippen LogP contribution in [0, 0.1) is 17.1 Å². The Morgan fingerprint density at radius 1 is 1.25 bits per heavy atom. The molecule has 0 aliphatic carbocycles. The van der Waals surface area contributed by atoms with Crippen molar-refractivity contribution in [1.29, 1.82) is 5.26 Å². The van der Waals surface area contributed by atoms with Crippen molar-refractivity contribution in [1.82, 2.24) is 9.97 Å². The van der Waals surface area contributed by atoms with Crippen LogP contribution in [0.3, 0.4) is 0 Å². The number of aromatic nitrogens is 2. The quantitative estimate of drug-likeness (QED) is 0.643. The summed E-state index contributed by atoms with van der Waals surface area (Å²) in [5.74, 6) is 0.688. The Labute approximate surface area is 208 Å². The Kier molecular flexibility index (Phi) is 6.30. The number of anilines is 3. The van der Waals surface area contributed by atoms with Gasteiger partial charge in [-0.15, -0.1) is 0 Å². The number of nitrogens with one attached hydrogen (secondary N) is 1. The van der Waals surface area contributed by atoms with Crippen LogP contribution in [0.2, 0.25) is 0 Å². The molecule has 1 fully saturated rings. The second-order valence-corrected chi connectivity index (χ2v) is 9.48. The van der Waals surface area contributed by atoms with Crippen LogP contribution < -0.4 is 25.0 Å². The van der Waals surface area contributed by atoms with Gasteiger partial charge in [-0.1, -0.05) is 0 Å². The first kappa shape index (κ1) is 24.1. The van der Waals surface area contributed by atoms with Crippen LogP contribution >= 0.6 is 0 Å². The number of fused-ring (bicyclic) bond motifs is 3. The van der Waals surface area contributed by atoms with E-state index in [2.05, 4.69) is 4.98 Å². The van der Waals surface area contributed by atoms with Gasteiger partial charge in [0.1, 0.15) is 23.5 Å². The molecule has 1 amide bonds. The molecule has 0 unspecified atom stereocenters. The summed E-state index contributed by atoms with van der Waals surface area (Å²) in [4.78, 5) is 39.7. The lowest BCUT2D eigenvalue weighted by Gasteiger charge is -2.39. The number of halogens is 1. The van der Waals surface area contributed by atoms with Crippen molar-refractivity contribution in [3.63, 3.8) is 0 Å². The molecule has 5 rings (SSSR count). The van der Waals surface area contributed by atoms with Crippen molar-refractivity contribution < 1.29 is 18.7 Å². The molecule has 1 aromatic carbocycles. The van der Waals surface area contributed by atoms with Gasteiger partial charge in [0.15, 0.2) is 6.61 Å². The molecule has 10 nitrogen and oxygen atoms in total. The lowest BCUT2D eigenvalue weighted by atomic mass is 9.73. The summed E-state index contributed by atoms with van der Waals surface area (Å²) in [7, 11) is 3.48. The number of benzene rings is 1. The molecule has 0 radical (unpaired) electrons. The zero-order chi connectivity index (χ0) is 25.4. The van der Waals surface area contributed by atoms with Crippen LogP contribution in [-0.4, -0.2) is 69.4 Å². The van der Waals surface area contributed by atoms with Crippen molar-refractivity contribution in [2.75, 3.05) is 68.2 Å². The number of rotatable bonds is 6. The SMILES string of the molecule is COCCN1C(=O)C2(CCN(c3nc4c(c(=O)[nH]3)CCCN4C)CC2)c2c(F)cc(OCC#N)cc21. The molecule has 0 saturated carbocycles. The third-order valence-electron chi connectivity index (χ3n) is 7.47. The normalized spacial score (nSPS) is 18.3. The average molecular weight is 497 g/mol. The topological polar surface area (TPSA) is 115 Å². The number of methoxy groups -OCH3 is 1. The Morgan fingerprint density at radius 2 is 2.03 bits per heavy atom. The summed E-state index contributed by atoms with van der Waals surface area (Å²) in [6, 6.07) is 4.75. The molecule has 1 aromatic heterocycles. The zero-order valence-corrected chi connectivity index (χ0v) is 20.5. The highest BCUT2D eigenvalue weighted by atomic mass is 19.1. The molecule has 2 aromatic rings. The summed E-state index contributed by atoms with van der Waals surface area (Å²) < 4.78 is 26.1. The molecule has 4 heterocycles. The van der Waals surface area contributed by atoms with Crippen LogP contribution in [0.15, 0.2) is 16.9 Å². The Bertz CT molecular complexity index is 1280. The van der Waals surface area contributed by atoms with Gasteiger partial charge in [0, 0.05) is 58.0 Å². The highest BCUT2D eigenvalue weighted by Crippen LogP contribution is 2.50. The fourth-order valence-electron chi connectivity index (χ4n) is 5.66. The maximum absolute atomic E-state index is 15.5. The number of carbonyl (C=O) groups is 1.